The van der Waals surface area contributed by atoms with E-state index in [0.717, 1.165) is 16.6 Å². The first-order valence-corrected chi connectivity index (χ1v) is 5.47. The average Bonchev–Trinajstić information content (AvgIpc) is 2.83. The number of hydrogen-bond acceptors (Lipinski definition) is 4. The highest BCUT2D eigenvalue weighted by atomic mass is 19.1. The monoisotopic (exact) mass is 276 g/mol. The van der Waals surface area contributed by atoms with Gasteiger partial charge in [0.25, 0.3) is 11.6 Å². The Morgan fingerprint density at radius 1 is 1.20 bits per heavy atom. The van der Waals surface area contributed by atoms with Gasteiger partial charge in [-0.05, 0) is 18.2 Å². The second kappa shape index (κ2) is 4.34. The van der Waals surface area contributed by atoms with Crippen LogP contribution in [-0.2, 0) is 0 Å². The molecular formula is C12H6F2N4O2. The lowest BCUT2D eigenvalue weighted by Gasteiger charge is -2.05. The van der Waals surface area contributed by atoms with Crippen LogP contribution in [0.1, 0.15) is 10.6 Å². The molecule has 8 heteroatoms. The maximum absolute atomic E-state index is 13.8. The van der Waals surface area contributed by atoms with Crippen LogP contribution in [0.2, 0.25) is 0 Å². The van der Waals surface area contributed by atoms with E-state index < -0.39 is 23.4 Å². The molecular weight excluding hydrogens is 270 g/mol. The number of aromatic carboxylic acids is 1. The molecule has 1 aromatic carbocycles. The summed E-state index contributed by atoms with van der Waals surface area (Å²) in [4.78, 5) is 18.3. The van der Waals surface area contributed by atoms with E-state index in [4.69, 9.17) is 5.11 Å². The molecule has 100 valence electrons. The second-order valence-corrected chi connectivity index (χ2v) is 3.88. The summed E-state index contributed by atoms with van der Waals surface area (Å²) in [6, 6.07) is 4.75. The lowest BCUT2D eigenvalue weighted by Crippen LogP contribution is -2.02. The summed E-state index contributed by atoms with van der Waals surface area (Å²) in [6.45, 7) is 0. The number of carboxylic acids is 1. The number of fused-ring (bicyclic) bond motifs is 1. The van der Waals surface area contributed by atoms with Crippen molar-refractivity contribution in [3.63, 3.8) is 0 Å². The minimum Gasteiger partial charge on any atom is -0.475 e. The van der Waals surface area contributed by atoms with E-state index >= 15 is 0 Å². The Bertz CT molecular complexity index is 811. The molecule has 0 aliphatic rings. The summed E-state index contributed by atoms with van der Waals surface area (Å²) >= 11 is 0. The van der Waals surface area contributed by atoms with Gasteiger partial charge < -0.3 is 5.11 Å². The van der Waals surface area contributed by atoms with Gasteiger partial charge in [0, 0.05) is 6.20 Å². The van der Waals surface area contributed by atoms with E-state index in [-0.39, 0.29) is 17.0 Å². The van der Waals surface area contributed by atoms with Gasteiger partial charge in [-0.15, -0.1) is 5.10 Å². The SMILES string of the molecule is O=C(O)c1nc2nccc(-c3c(F)cccc3F)n2n1. The van der Waals surface area contributed by atoms with E-state index in [1.165, 1.54) is 18.3 Å². The molecule has 0 unspecified atom stereocenters. The third-order valence-corrected chi connectivity index (χ3v) is 2.65. The molecule has 0 radical (unpaired) electrons. The lowest BCUT2D eigenvalue weighted by molar-refractivity contribution is 0.0684. The van der Waals surface area contributed by atoms with Crippen LogP contribution < -0.4 is 0 Å². The average molecular weight is 276 g/mol. The number of benzene rings is 1. The van der Waals surface area contributed by atoms with Crippen molar-refractivity contribution in [2.75, 3.05) is 0 Å². The smallest absolute Gasteiger partial charge is 0.375 e. The third-order valence-electron chi connectivity index (χ3n) is 2.65. The third kappa shape index (κ3) is 1.78. The summed E-state index contributed by atoms with van der Waals surface area (Å²) in [5, 5.41) is 12.5. The highest BCUT2D eigenvalue weighted by Gasteiger charge is 2.18. The van der Waals surface area contributed by atoms with Gasteiger partial charge in [-0.2, -0.15) is 9.50 Å². The minimum absolute atomic E-state index is 0.0330. The maximum atomic E-state index is 13.8. The van der Waals surface area contributed by atoms with Crippen LogP contribution in [0.3, 0.4) is 0 Å². The van der Waals surface area contributed by atoms with Crippen LogP contribution >= 0.6 is 0 Å². The molecule has 0 spiro atoms. The quantitative estimate of drug-likeness (QED) is 0.771. The summed E-state index contributed by atoms with van der Waals surface area (Å²) in [6.07, 6.45) is 1.27. The molecule has 0 fully saturated rings. The van der Waals surface area contributed by atoms with Crippen molar-refractivity contribution < 1.29 is 18.7 Å². The molecule has 0 saturated heterocycles. The first-order chi connectivity index (χ1) is 9.58. The summed E-state index contributed by atoms with van der Waals surface area (Å²) in [5.74, 6) is -3.48. The molecule has 0 atom stereocenters. The van der Waals surface area contributed by atoms with Crippen molar-refractivity contribution in [2.45, 2.75) is 0 Å². The van der Waals surface area contributed by atoms with E-state index in [1.807, 2.05) is 0 Å². The van der Waals surface area contributed by atoms with E-state index in [1.54, 1.807) is 0 Å². The lowest BCUT2D eigenvalue weighted by atomic mass is 10.1. The standard InChI is InChI=1S/C12H6F2N4O2/c13-6-2-1-3-7(14)9(6)8-4-5-15-12-16-10(11(19)20)17-18(8)12/h1-5H,(H,19,20). The topological polar surface area (TPSA) is 80.4 Å². The molecule has 2 aromatic heterocycles. The molecule has 0 aliphatic carbocycles. The highest BCUT2D eigenvalue weighted by molar-refractivity contribution is 5.83. The number of halogens is 2. The molecule has 3 aromatic rings. The summed E-state index contributed by atoms with van der Waals surface area (Å²) in [7, 11) is 0. The highest BCUT2D eigenvalue weighted by Crippen LogP contribution is 2.25. The number of rotatable bonds is 2. The molecule has 0 amide bonds. The fraction of sp³-hybridized carbons (Fsp3) is 0. The normalized spacial score (nSPS) is 10.9. The Balaban J connectivity index is 2.34. The molecule has 3 rings (SSSR count). The number of carboxylic acid groups (broad SMARTS) is 1. The number of aromatic nitrogens is 4. The molecule has 1 N–H and O–H groups in total. The van der Waals surface area contributed by atoms with Gasteiger partial charge in [-0.25, -0.2) is 18.6 Å². The Kier molecular flexibility index (Phi) is 2.63. The molecule has 0 bridgehead atoms. The van der Waals surface area contributed by atoms with E-state index in [0.29, 0.717) is 0 Å². The Labute approximate surface area is 110 Å². The largest absolute Gasteiger partial charge is 0.475 e. The van der Waals surface area contributed by atoms with E-state index in [9.17, 15) is 13.6 Å². The fourth-order valence-electron chi connectivity index (χ4n) is 1.82. The van der Waals surface area contributed by atoms with Crippen LogP contribution in [0.25, 0.3) is 17.0 Å². The van der Waals surface area contributed by atoms with Crippen molar-refractivity contribution in [3.8, 4) is 11.3 Å². The van der Waals surface area contributed by atoms with Crippen molar-refractivity contribution >= 4 is 11.7 Å². The van der Waals surface area contributed by atoms with Gasteiger partial charge in [0.15, 0.2) is 0 Å². The van der Waals surface area contributed by atoms with Crippen molar-refractivity contribution in [2.24, 2.45) is 0 Å². The molecule has 0 saturated carbocycles. The van der Waals surface area contributed by atoms with Gasteiger partial charge >= 0.3 is 5.97 Å². The van der Waals surface area contributed by atoms with Gasteiger partial charge in [0.2, 0.25) is 0 Å². The zero-order valence-electron chi connectivity index (χ0n) is 9.79. The summed E-state index contributed by atoms with van der Waals surface area (Å²) < 4.78 is 28.6. The number of hydrogen-bond donors (Lipinski definition) is 1. The Hall–Kier alpha value is -2.90. The number of nitrogens with zero attached hydrogens (tertiary/aromatic N) is 4. The minimum atomic E-state index is -1.35. The first kappa shape index (κ1) is 12.2. The van der Waals surface area contributed by atoms with Crippen LogP contribution in [0.4, 0.5) is 8.78 Å². The molecule has 2 heterocycles. The zero-order valence-corrected chi connectivity index (χ0v) is 9.79. The Morgan fingerprint density at radius 2 is 1.90 bits per heavy atom. The maximum Gasteiger partial charge on any atom is 0.375 e. The predicted octanol–water partition coefficient (Wildman–Crippen LogP) is 1.77. The van der Waals surface area contributed by atoms with Gasteiger partial charge in [-0.1, -0.05) is 6.07 Å². The van der Waals surface area contributed by atoms with Gasteiger partial charge in [0.1, 0.15) is 11.6 Å². The van der Waals surface area contributed by atoms with E-state index in [2.05, 4.69) is 15.1 Å². The second-order valence-electron chi connectivity index (χ2n) is 3.88. The van der Waals surface area contributed by atoms with Crippen LogP contribution in [0.15, 0.2) is 30.5 Å². The Morgan fingerprint density at radius 3 is 2.55 bits per heavy atom. The van der Waals surface area contributed by atoms with Crippen molar-refractivity contribution in [1.29, 1.82) is 0 Å². The molecule has 20 heavy (non-hydrogen) atoms. The summed E-state index contributed by atoms with van der Waals surface area (Å²) in [5.41, 5.74) is -0.285. The first-order valence-electron chi connectivity index (χ1n) is 5.47. The van der Waals surface area contributed by atoms with Crippen LogP contribution in [-0.4, -0.2) is 30.7 Å². The van der Waals surface area contributed by atoms with Gasteiger partial charge in [-0.3, -0.25) is 0 Å². The van der Waals surface area contributed by atoms with Gasteiger partial charge in [0.05, 0.1) is 11.3 Å². The molecule has 0 aliphatic heterocycles. The van der Waals surface area contributed by atoms with Crippen molar-refractivity contribution in [1.82, 2.24) is 19.6 Å². The predicted molar refractivity (Wildman–Crippen MR) is 63.1 cm³/mol. The zero-order chi connectivity index (χ0) is 14.3. The fourth-order valence-corrected chi connectivity index (χ4v) is 1.82. The number of carbonyl (C=O) groups is 1. The van der Waals surface area contributed by atoms with Crippen molar-refractivity contribution in [3.05, 3.63) is 47.9 Å². The van der Waals surface area contributed by atoms with Crippen LogP contribution in [0.5, 0.6) is 0 Å². The molecule has 6 nitrogen and oxygen atoms in total. The van der Waals surface area contributed by atoms with Crippen LogP contribution in [0, 0.1) is 11.6 Å².